The molecule has 1 aromatic heterocycles. The fourth-order valence-electron chi connectivity index (χ4n) is 3.89. The average molecular weight is 467 g/mol. The van der Waals surface area contributed by atoms with E-state index in [4.69, 9.17) is 32.2 Å². The minimum absolute atomic E-state index is 0.0161. The first-order valence-electron chi connectivity index (χ1n) is 9.68. The Morgan fingerprint density at radius 2 is 1.62 bits per heavy atom. The lowest BCUT2D eigenvalue weighted by Gasteiger charge is -2.28. The van der Waals surface area contributed by atoms with E-state index in [9.17, 15) is 4.79 Å². The molecule has 2 atom stereocenters. The number of aromatic nitrogens is 3. The average Bonchev–Trinajstić information content (AvgIpc) is 3.37. The normalized spacial score (nSPS) is 19.2. The van der Waals surface area contributed by atoms with Gasteiger partial charge in [0.2, 0.25) is 0 Å². The summed E-state index contributed by atoms with van der Waals surface area (Å²) < 4.78 is 18.1. The van der Waals surface area contributed by atoms with Crippen molar-refractivity contribution >= 4 is 40.7 Å². The molecule has 0 saturated carbocycles. The minimum atomic E-state index is -0.540. The third-order valence-corrected chi connectivity index (χ3v) is 6.76. The van der Waals surface area contributed by atoms with Crippen molar-refractivity contribution in [1.29, 1.82) is 0 Å². The van der Waals surface area contributed by atoms with Gasteiger partial charge in [-0.2, -0.15) is 0 Å². The zero-order chi connectivity index (χ0) is 22.4. The van der Waals surface area contributed by atoms with Gasteiger partial charge in [-0.3, -0.25) is 0 Å². The predicted molar refractivity (Wildman–Crippen MR) is 124 cm³/mol. The summed E-state index contributed by atoms with van der Waals surface area (Å²) >= 11 is 6.57. The third kappa shape index (κ3) is 3.23. The Balaban J connectivity index is 1.64. The first kappa shape index (κ1) is 20.5. The maximum atomic E-state index is 12.8. The topological polar surface area (TPSA) is 101 Å². The van der Waals surface area contributed by atoms with Crippen LogP contribution >= 0.6 is 24.2 Å². The van der Waals surface area contributed by atoms with Gasteiger partial charge in [0.15, 0.2) is 17.1 Å². The van der Waals surface area contributed by atoms with Crippen LogP contribution in [0.5, 0.6) is 11.5 Å². The summed E-state index contributed by atoms with van der Waals surface area (Å²) in [5, 5.41) is 8.86. The molecular formula is C22H18N4O4S2. The highest BCUT2D eigenvalue weighted by Crippen LogP contribution is 2.52. The Morgan fingerprint density at radius 1 is 1.03 bits per heavy atom. The number of hydrogen-bond acceptors (Lipinski definition) is 8. The van der Waals surface area contributed by atoms with Crippen molar-refractivity contribution in [2.45, 2.75) is 11.4 Å². The highest BCUT2D eigenvalue weighted by atomic mass is 32.2. The van der Waals surface area contributed by atoms with E-state index >= 15 is 0 Å². The molecule has 0 saturated heterocycles. The number of esters is 1. The molecule has 8 nitrogen and oxygen atoms in total. The van der Waals surface area contributed by atoms with Crippen LogP contribution < -0.4 is 15.2 Å². The molecule has 0 aliphatic carbocycles. The number of thiocarbonyl (C=S) groups is 1. The number of nitrogens with two attached hydrogens (primary N) is 1. The Morgan fingerprint density at radius 3 is 2.19 bits per heavy atom. The third-order valence-electron chi connectivity index (χ3n) is 5.41. The van der Waals surface area contributed by atoms with E-state index in [1.807, 2.05) is 52.5 Å². The molecule has 0 fully saturated rings. The van der Waals surface area contributed by atoms with Crippen LogP contribution in [0, 0.1) is 0 Å². The summed E-state index contributed by atoms with van der Waals surface area (Å²) in [4.78, 5) is 12.8. The van der Waals surface area contributed by atoms with E-state index in [0.29, 0.717) is 23.0 Å². The second kappa shape index (κ2) is 7.95. The molecule has 10 heteroatoms. The molecule has 2 aromatic carbocycles. The van der Waals surface area contributed by atoms with Gasteiger partial charge in [0.05, 0.1) is 25.7 Å². The zero-order valence-electron chi connectivity index (χ0n) is 17.1. The lowest BCUT2D eigenvalue weighted by atomic mass is 9.86. The summed E-state index contributed by atoms with van der Waals surface area (Å²) in [6.45, 7) is 0. The second-order valence-electron chi connectivity index (χ2n) is 7.14. The molecule has 0 bridgehead atoms. The summed E-state index contributed by atoms with van der Waals surface area (Å²) in [5.41, 5.74) is 7.97. The van der Waals surface area contributed by atoms with Crippen molar-refractivity contribution < 1.29 is 19.0 Å². The van der Waals surface area contributed by atoms with Crippen molar-refractivity contribution in [2.24, 2.45) is 5.73 Å². The number of nitrogens with zero attached hydrogens (tertiary/aromatic N) is 3. The highest BCUT2D eigenvalue weighted by molar-refractivity contribution is 7.98. The van der Waals surface area contributed by atoms with Gasteiger partial charge >= 0.3 is 5.97 Å². The number of benzene rings is 2. The highest BCUT2D eigenvalue weighted by Gasteiger charge is 2.48. The van der Waals surface area contributed by atoms with Crippen LogP contribution in [-0.2, 0) is 9.53 Å². The number of fused-ring (bicyclic) bond motifs is 3. The Hall–Kier alpha value is -3.37. The standard InChI is InChI=1S/C22H18N4O4S2/c1-28-13-7-3-11(4-8-13)15-16(18(23)31)21(27)30-22-17(15)20-25-24-19(26(20)32-22)12-5-9-14(29-2)10-6-12/h3-10,17,22H,1-2H3,(H2,23,31). The van der Waals surface area contributed by atoms with Crippen molar-refractivity contribution in [3.63, 3.8) is 0 Å². The molecule has 2 N–H and O–H groups in total. The van der Waals surface area contributed by atoms with E-state index in [0.717, 1.165) is 16.9 Å². The van der Waals surface area contributed by atoms with Gasteiger partial charge in [-0.05, 0) is 47.5 Å². The maximum absolute atomic E-state index is 12.8. The van der Waals surface area contributed by atoms with Gasteiger partial charge < -0.3 is 19.9 Å². The fraction of sp³-hybridized carbons (Fsp3) is 0.182. The monoisotopic (exact) mass is 466 g/mol. The smallest absolute Gasteiger partial charge is 0.342 e. The molecule has 2 aliphatic rings. The van der Waals surface area contributed by atoms with Crippen molar-refractivity contribution in [1.82, 2.24) is 14.2 Å². The molecule has 162 valence electrons. The van der Waals surface area contributed by atoms with Crippen LogP contribution in [0.1, 0.15) is 17.3 Å². The van der Waals surface area contributed by atoms with Gasteiger partial charge in [0.25, 0.3) is 0 Å². The first-order chi connectivity index (χ1) is 15.5. The summed E-state index contributed by atoms with van der Waals surface area (Å²) in [6.07, 6.45) is 0. The zero-order valence-corrected chi connectivity index (χ0v) is 18.8. The lowest BCUT2D eigenvalue weighted by molar-refractivity contribution is -0.140. The van der Waals surface area contributed by atoms with E-state index in [1.165, 1.54) is 11.9 Å². The molecule has 0 radical (unpaired) electrons. The Labute approximate surface area is 193 Å². The molecule has 0 amide bonds. The van der Waals surface area contributed by atoms with Gasteiger partial charge in [-0.15, -0.1) is 10.2 Å². The molecule has 32 heavy (non-hydrogen) atoms. The number of rotatable bonds is 5. The van der Waals surface area contributed by atoms with Crippen molar-refractivity contribution in [2.75, 3.05) is 14.2 Å². The molecule has 5 rings (SSSR count). The van der Waals surface area contributed by atoms with Crippen molar-refractivity contribution in [3.8, 4) is 22.9 Å². The molecule has 2 aliphatic heterocycles. The van der Waals surface area contributed by atoms with E-state index < -0.39 is 11.4 Å². The lowest BCUT2D eigenvalue weighted by Crippen LogP contribution is -2.33. The van der Waals surface area contributed by atoms with E-state index in [1.54, 1.807) is 14.2 Å². The van der Waals surface area contributed by atoms with Gasteiger partial charge in [-0.1, -0.05) is 24.4 Å². The van der Waals surface area contributed by atoms with Crippen molar-refractivity contribution in [3.05, 3.63) is 65.5 Å². The minimum Gasteiger partial charge on any atom is -0.497 e. The van der Waals surface area contributed by atoms with Crippen LogP contribution in [0.15, 0.2) is 54.1 Å². The Bertz CT molecular complexity index is 1250. The van der Waals surface area contributed by atoms with E-state index in [2.05, 4.69) is 10.2 Å². The molecule has 2 unspecified atom stereocenters. The summed E-state index contributed by atoms with van der Waals surface area (Å²) in [7, 11) is 3.21. The first-order valence-corrected chi connectivity index (χ1v) is 10.9. The van der Waals surface area contributed by atoms with Gasteiger partial charge in [0, 0.05) is 17.5 Å². The molecule has 3 aromatic rings. The van der Waals surface area contributed by atoms with Gasteiger partial charge in [0.1, 0.15) is 16.5 Å². The van der Waals surface area contributed by atoms with E-state index in [-0.39, 0.29) is 16.5 Å². The van der Waals surface area contributed by atoms with Crippen LogP contribution in [0.3, 0.4) is 0 Å². The van der Waals surface area contributed by atoms with Crippen LogP contribution in [0.2, 0.25) is 0 Å². The molecule has 3 heterocycles. The molecule has 0 spiro atoms. The van der Waals surface area contributed by atoms with Crippen LogP contribution in [0.25, 0.3) is 17.0 Å². The number of carbonyl (C=O) groups excluding carboxylic acids is 1. The SMILES string of the molecule is COc1ccc(C2=C(C(N)=S)C(=O)OC3Sn4c(-c5ccc(OC)cc5)nnc4C23)cc1. The summed E-state index contributed by atoms with van der Waals surface area (Å²) in [5.74, 6) is 1.86. The maximum Gasteiger partial charge on any atom is 0.342 e. The number of methoxy groups -OCH3 is 2. The quantitative estimate of drug-likeness (QED) is 0.449. The number of ether oxygens (including phenoxy) is 3. The largest absolute Gasteiger partial charge is 0.497 e. The second-order valence-corrected chi connectivity index (χ2v) is 8.62. The summed E-state index contributed by atoms with van der Waals surface area (Å²) in [6, 6.07) is 14.9. The van der Waals surface area contributed by atoms with Crippen LogP contribution in [0.4, 0.5) is 0 Å². The fourth-order valence-corrected chi connectivity index (χ4v) is 5.31. The Kier molecular flexibility index (Phi) is 5.10. The van der Waals surface area contributed by atoms with Gasteiger partial charge in [-0.25, -0.2) is 8.77 Å². The number of hydrogen-bond donors (Lipinski definition) is 1. The predicted octanol–water partition coefficient (Wildman–Crippen LogP) is 3.18. The molecular weight excluding hydrogens is 448 g/mol. The van der Waals surface area contributed by atoms with Crippen LogP contribution in [-0.4, -0.2) is 44.8 Å². The number of carbonyl (C=O) groups is 1.